The minimum absolute atomic E-state index is 0.374. The first-order chi connectivity index (χ1) is 11.3. The molecule has 2 heterocycles. The van der Waals surface area contributed by atoms with E-state index in [0.717, 1.165) is 11.1 Å². The summed E-state index contributed by atoms with van der Waals surface area (Å²) in [6.07, 6.45) is 1.31. The summed E-state index contributed by atoms with van der Waals surface area (Å²) in [5.41, 5.74) is 0.672. The number of hydrogen-bond acceptors (Lipinski definition) is 3. The minimum atomic E-state index is -0.586. The van der Waals surface area contributed by atoms with Gasteiger partial charge in [-0.2, -0.15) is 0 Å². The molecule has 0 aliphatic carbocycles. The molecular formula is C20H20N2O2. The highest BCUT2D eigenvalue weighted by atomic mass is 16.6. The van der Waals surface area contributed by atoms with Gasteiger partial charge in [-0.1, -0.05) is 30.0 Å². The second kappa shape index (κ2) is 5.68. The lowest BCUT2D eigenvalue weighted by Gasteiger charge is -2.36. The van der Waals surface area contributed by atoms with Crippen LogP contribution in [0.2, 0.25) is 0 Å². The summed E-state index contributed by atoms with van der Waals surface area (Å²) < 4.78 is 5.49. The zero-order chi connectivity index (χ0) is 17.4. The Kier molecular flexibility index (Phi) is 3.81. The van der Waals surface area contributed by atoms with Crippen LogP contribution in [0.3, 0.4) is 0 Å². The number of carbonyl (C=O) groups is 1. The fourth-order valence-electron chi connectivity index (χ4n) is 2.52. The fourth-order valence-corrected chi connectivity index (χ4v) is 2.52. The summed E-state index contributed by atoms with van der Waals surface area (Å²) in [4.78, 5) is 18.2. The normalized spacial score (nSPS) is 17.8. The Bertz CT molecular complexity index is 812. The molecule has 2 aromatic rings. The van der Waals surface area contributed by atoms with Crippen LogP contribution in [0.25, 0.3) is 0 Å². The number of cyclic esters (lactones) is 1. The predicted octanol–water partition coefficient (Wildman–Crippen LogP) is 4.00. The number of carbonyl (C=O) groups excluding carboxylic acids is 1. The SMILES string of the molecule is CC1(C)OC(=O)N(c2ccc(C#Cc3ccccc3)cn2)C1(C)C. The maximum Gasteiger partial charge on any atom is 0.416 e. The molecule has 4 nitrogen and oxygen atoms in total. The number of ether oxygens (including phenoxy) is 1. The number of aromatic nitrogens is 1. The van der Waals surface area contributed by atoms with E-state index in [1.54, 1.807) is 17.2 Å². The third-order valence-corrected chi connectivity index (χ3v) is 4.66. The van der Waals surface area contributed by atoms with Crippen LogP contribution in [-0.4, -0.2) is 22.2 Å². The average molecular weight is 320 g/mol. The molecule has 3 rings (SSSR count). The van der Waals surface area contributed by atoms with Crippen molar-refractivity contribution in [2.45, 2.75) is 38.8 Å². The van der Waals surface area contributed by atoms with Crippen molar-refractivity contribution in [1.29, 1.82) is 0 Å². The molecule has 0 spiro atoms. The predicted molar refractivity (Wildman–Crippen MR) is 93.8 cm³/mol. The summed E-state index contributed by atoms with van der Waals surface area (Å²) in [5.74, 6) is 6.74. The van der Waals surface area contributed by atoms with E-state index in [1.165, 1.54) is 0 Å². The van der Waals surface area contributed by atoms with E-state index < -0.39 is 11.1 Å². The molecule has 4 heteroatoms. The Morgan fingerprint density at radius 1 is 0.958 bits per heavy atom. The Labute approximate surface area is 142 Å². The van der Waals surface area contributed by atoms with E-state index >= 15 is 0 Å². The van der Waals surface area contributed by atoms with E-state index in [4.69, 9.17) is 4.74 Å². The summed E-state index contributed by atoms with van der Waals surface area (Å²) in [6.45, 7) is 7.76. The number of rotatable bonds is 1. The molecule has 0 unspecified atom stereocenters. The summed E-state index contributed by atoms with van der Waals surface area (Å²) in [7, 11) is 0. The fraction of sp³-hybridized carbons (Fsp3) is 0.300. The van der Waals surface area contributed by atoms with Crippen molar-refractivity contribution in [3.05, 3.63) is 59.8 Å². The second-order valence-corrected chi connectivity index (χ2v) is 6.79. The lowest BCUT2D eigenvalue weighted by molar-refractivity contribution is 0.0458. The molecule has 1 amide bonds. The minimum Gasteiger partial charge on any atom is -0.441 e. The van der Waals surface area contributed by atoms with Crippen molar-refractivity contribution in [2.24, 2.45) is 0 Å². The van der Waals surface area contributed by atoms with E-state index in [9.17, 15) is 4.79 Å². The van der Waals surface area contributed by atoms with Crippen LogP contribution >= 0.6 is 0 Å². The van der Waals surface area contributed by atoms with Gasteiger partial charge in [-0.15, -0.1) is 0 Å². The third kappa shape index (κ3) is 2.74. The molecule has 0 saturated carbocycles. The lowest BCUT2D eigenvalue weighted by Crippen LogP contribution is -2.51. The largest absolute Gasteiger partial charge is 0.441 e. The summed E-state index contributed by atoms with van der Waals surface area (Å²) >= 11 is 0. The van der Waals surface area contributed by atoms with E-state index in [1.807, 2.05) is 64.1 Å². The maximum absolute atomic E-state index is 12.2. The molecule has 24 heavy (non-hydrogen) atoms. The number of amides is 1. The molecule has 0 bridgehead atoms. The van der Waals surface area contributed by atoms with Crippen LogP contribution < -0.4 is 4.90 Å². The number of anilines is 1. The van der Waals surface area contributed by atoms with Crippen LogP contribution in [0.15, 0.2) is 48.7 Å². The van der Waals surface area contributed by atoms with E-state index in [0.29, 0.717) is 5.82 Å². The van der Waals surface area contributed by atoms with Crippen LogP contribution in [0, 0.1) is 11.8 Å². The molecule has 0 radical (unpaired) electrons. The molecular weight excluding hydrogens is 300 g/mol. The van der Waals surface area contributed by atoms with Crippen LogP contribution in [0.1, 0.15) is 38.8 Å². The van der Waals surface area contributed by atoms with Gasteiger partial charge in [-0.05, 0) is 52.0 Å². The summed E-state index contributed by atoms with van der Waals surface area (Å²) in [6, 6.07) is 13.5. The second-order valence-electron chi connectivity index (χ2n) is 6.79. The maximum atomic E-state index is 12.2. The number of pyridine rings is 1. The standard InChI is InChI=1S/C20H20N2O2/c1-19(2)20(3,4)24-18(23)22(19)17-13-12-16(14-21-17)11-10-15-8-6-5-7-9-15/h5-9,12-14H,1-4H3. The molecule has 1 aliphatic rings. The van der Waals surface area contributed by atoms with Gasteiger partial charge in [-0.3, -0.25) is 4.90 Å². The topological polar surface area (TPSA) is 42.4 Å². The first-order valence-electron chi connectivity index (χ1n) is 7.88. The molecule has 1 fully saturated rings. The highest BCUT2D eigenvalue weighted by Gasteiger charge is 2.55. The van der Waals surface area contributed by atoms with Gasteiger partial charge >= 0.3 is 6.09 Å². The van der Waals surface area contributed by atoms with Gasteiger partial charge in [0.2, 0.25) is 0 Å². The van der Waals surface area contributed by atoms with Crippen molar-refractivity contribution in [1.82, 2.24) is 4.98 Å². The highest BCUT2D eigenvalue weighted by molar-refractivity contribution is 5.91. The molecule has 0 N–H and O–H groups in total. The van der Waals surface area contributed by atoms with Crippen molar-refractivity contribution in [3.8, 4) is 11.8 Å². The van der Waals surface area contributed by atoms with Gasteiger partial charge in [0.1, 0.15) is 11.4 Å². The molecule has 122 valence electrons. The van der Waals surface area contributed by atoms with Gasteiger partial charge in [0.25, 0.3) is 0 Å². The molecule has 1 aromatic carbocycles. The molecule has 1 saturated heterocycles. The van der Waals surface area contributed by atoms with Crippen molar-refractivity contribution in [2.75, 3.05) is 4.90 Å². The Morgan fingerprint density at radius 3 is 2.17 bits per heavy atom. The molecule has 0 atom stereocenters. The van der Waals surface area contributed by atoms with Crippen LogP contribution in [0.5, 0.6) is 0 Å². The quantitative estimate of drug-likeness (QED) is 0.746. The van der Waals surface area contributed by atoms with Crippen LogP contribution in [0.4, 0.5) is 10.6 Å². The zero-order valence-corrected chi connectivity index (χ0v) is 14.3. The van der Waals surface area contributed by atoms with Gasteiger partial charge in [0, 0.05) is 17.3 Å². The number of nitrogens with zero attached hydrogens (tertiary/aromatic N) is 2. The third-order valence-electron chi connectivity index (χ3n) is 4.66. The zero-order valence-electron chi connectivity index (χ0n) is 14.3. The molecule has 1 aliphatic heterocycles. The Hall–Kier alpha value is -2.80. The van der Waals surface area contributed by atoms with Crippen molar-refractivity contribution in [3.63, 3.8) is 0 Å². The highest BCUT2D eigenvalue weighted by Crippen LogP contribution is 2.40. The summed E-state index contributed by atoms with van der Waals surface area (Å²) in [5, 5.41) is 0. The number of hydrogen-bond donors (Lipinski definition) is 0. The van der Waals surface area contributed by atoms with Crippen molar-refractivity contribution >= 4 is 11.9 Å². The Balaban J connectivity index is 1.86. The number of benzene rings is 1. The first-order valence-corrected chi connectivity index (χ1v) is 7.88. The van der Waals surface area contributed by atoms with E-state index in [-0.39, 0.29) is 6.09 Å². The Morgan fingerprint density at radius 2 is 1.62 bits per heavy atom. The van der Waals surface area contributed by atoms with Gasteiger partial charge in [-0.25, -0.2) is 9.78 Å². The monoisotopic (exact) mass is 320 g/mol. The first kappa shape index (κ1) is 16.1. The van der Waals surface area contributed by atoms with Gasteiger partial charge < -0.3 is 4.74 Å². The average Bonchev–Trinajstić information content (AvgIpc) is 2.70. The van der Waals surface area contributed by atoms with Crippen molar-refractivity contribution < 1.29 is 9.53 Å². The van der Waals surface area contributed by atoms with Gasteiger partial charge in [0.15, 0.2) is 0 Å². The molecule has 1 aromatic heterocycles. The lowest BCUT2D eigenvalue weighted by atomic mass is 9.85. The van der Waals surface area contributed by atoms with Crippen LogP contribution in [-0.2, 0) is 4.74 Å². The smallest absolute Gasteiger partial charge is 0.416 e. The van der Waals surface area contributed by atoms with E-state index in [2.05, 4.69) is 16.8 Å². The van der Waals surface area contributed by atoms with Gasteiger partial charge in [0.05, 0.1) is 5.54 Å².